The number of hydrogen-bond acceptors (Lipinski definition) is 8. The van der Waals surface area contributed by atoms with Gasteiger partial charge in [-0.15, -0.1) is 0 Å². The van der Waals surface area contributed by atoms with Crippen molar-refractivity contribution >= 4 is 44.1 Å². The molecule has 0 radical (unpaired) electrons. The molecule has 46 heavy (non-hydrogen) atoms. The average molecular weight is 650 g/mol. The number of rotatable bonds is 8. The minimum atomic E-state index is -4.03. The van der Waals surface area contributed by atoms with Crippen LogP contribution in [0.5, 0.6) is 5.75 Å². The summed E-state index contributed by atoms with van der Waals surface area (Å²) in [6, 6.07) is 17.4. The van der Waals surface area contributed by atoms with Gasteiger partial charge in [-0.3, -0.25) is 9.52 Å². The van der Waals surface area contributed by atoms with Crippen LogP contribution in [-0.2, 0) is 21.2 Å². The van der Waals surface area contributed by atoms with Crippen molar-refractivity contribution in [3.8, 4) is 5.75 Å². The van der Waals surface area contributed by atoms with Crippen LogP contribution >= 0.6 is 0 Å². The van der Waals surface area contributed by atoms with Crippen LogP contribution in [0.3, 0.4) is 0 Å². The third kappa shape index (κ3) is 6.95. The lowest BCUT2D eigenvalue weighted by molar-refractivity contribution is -0.134. The Morgan fingerprint density at radius 3 is 2.61 bits per heavy atom. The molecule has 0 aliphatic carbocycles. The molecule has 1 aliphatic heterocycles. The van der Waals surface area contributed by atoms with Gasteiger partial charge in [0.25, 0.3) is 10.0 Å². The second kappa shape index (κ2) is 13.4. The normalized spacial score (nSPS) is 17.7. The summed E-state index contributed by atoms with van der Waals surface area (Å²) >= 11 is 0. The van der Waals surface area contributed by atoms with E-state index in [4.69, 9.17) is 9.26 Å². The fourth-order valence-corrected chi connectivity index (χ4v) is 7.05. The number of carbonyl (C=O) groups excluding carboxylic acids is 2. The number of benzene rings is 3. The first-order valence-corrected chi connectivity index (χ1v) is 16.5. The Kier molecular flexibility index (Phi) is 9.54. The van der Waals surface area contributed by atoms with E-state index < -0.39 is 22.2 Å². The SMILES string of the molecule is Cc1noc(C)c1S(=O)(=O)Nc1ccc2c(c1)CC(=O)N([C@H](C)CO)C[C@H](C)[C@@H](CN(C)C(=O)Nc1cccc3ccccc13)O2. The number of fused-ring (bicyclic) bond motifs is 2. The van der Waals surface area contributed by atoms with Crippen molar-refractivity contribution in [3.63, 3.8) is 0 Å². The number of likely N-dealkylation sites (N-methyl/N-ethyl adjacent to an activating group) is 1. The van der Waals surface area contributed by atoms with Gasteiger partial charge in [-0.1, -0.05) is 48.5 Å². The molecule has 0 fully saturated rings. The quantitative estimate of drug-likeness (QED) is 0.251. The third-order valence-corrected chi connectivity index (χ3v) is 9.86. The molecular weight excluding hydrogens is 610 g/mol. The molecule has 1 aromatic heterocycles. The molecule has 1 aliphatic rings. The molecule has 3 aromatic carbocycles. The van der Waals surface area contributed by atoms with E-state index >= 15 is 0 Å². The number of carbonyl (C=O) groups is 2. The highest BCUT2D eigenvalue weighted by Gasteiger charge is 2.32. The maximum Gasteiger partial charge on any atom is 0.321 e. The number of aliphatic hydroxyl groups excluding tert-OH is 1. The minimum Gasteiger partial charge on any atom is -0.488 e. The van der Waals surface area contributed by atoms with Gasteiger partial charge >= 0.3 is 6.03 Å². The van der Waals surface area contributed by atoms with Crippen LogP contribution in [0.1, 0.15) is 30.9 Å². The lowest BCUT2D eigenvalue weighted by Crippen LogP contribution is -2.48. The molecule has 0 bridgehead atoms. The van der Waals surface area contributed by atoms with Gasteiger partial charge in [0.05, 0.1) is 31.3 Å². The summed E-state index contributed by atoms with van der Waals surface area (Å²) in [4.78, 5) is 30.0. The Bertz CT molecular complexity index is 1830. The standard InChI is InChI=1S/C33H39N5O7S/c1-20-17-38(21(2)19-39)31(40)16-25-15-26(36-46(42,43)32-22(3)35-45-23(32)4)13-14-29(25)44-30(20)18-37(5)33(41)34-28-12-8-10-24-9-6-7-11-27(24)28/h6-15,20-21,30,36,39H,16-19H2,1-5H3,(H,34,41)/t20-,21+,30+/m0/s1. The Morgan fingerprint density at radius 1 is 1.15 bits per heavy atom. The van der Waals surface area contributed by atoms with Crippen molar-refractivity contribution in [2.75, 3.05) is 36.8 Å². The molecule has 0 saturated heterocycles. The van der Waals surface area contributed by atoms with Gasteiger partial charge in [-0.2, -0.15) is 0 Å². The smallest absolute Gasteiger partial charge is 0.321 e. The largest absolute Gasteiger partial charge is 0.488 e. The maximum atomic E-state index is 13.6. The monoisotopic (exact) mass is 649 g/mol. The van der Waals surface area contributed by atoms with Crippen molar-refractivity contribution in [2.45, 2.75) is 51.2 Å². The van der Waals surface area contributed by atoms with E-state index in [9.17, 15) is 23.1 Å². The summed E-state index contributed by atoms with van der Waals surface area (Å²) in [5.41, 5.74) is 1.60. The van der Waals surface area contributed by atoms with Crippen molar-refractivity contribution in [1.82, 2.24) is 15.0 Å². The predicted molar refractivity (Wildman–Crippen MR) is 174 cm³/mol. The van der Waals surface area contributed by atoms with Gasteiger partial charge < -0.3 is 29.5 Å². The molecular formula is C33H39N5O7S. The number of aliphatic hydroxyl groups is 1. The van der Waals surface area contributed by atoms with Crippen LogP contribution in [0.15, 0.2) is 70.1 Å². The first-order valence-electron chi connectivity index (χ1n) is 15.0. The zero-order valence-corrected chi connectivity index (χ0v) is 27.3. The summed E-state index contributed by atoms with van der Waals surface area (Å²) in [6.45, 7) is 6.99. The molecule has 3 amide bonds. The van der Waals surface area contributed by atoms with E-state index in [1.807, 2.05) is 49.4 Å². The Balaban J connectivity index is 1.42. The number of urea groups is 1. The van der Waals surface area contributed by atoms with Crippen LogP contribution in [-0.4, -0.2) is 79.3 Å². The van der Waals surface area contributed by atoms with Crippen LogP contribution < -0.4 is 14.8 Å². The minimum absolute atomic E-state index is 0.0509. The van der Waals surface area contributed by atoms with Crippen molar-refractivity contribution in [1.29, 1.82) is 0 Å². The van der Waals surface area contributed by atoms with Crippen molar-refractivity contribution in [3.05, 3.63) is 77.7 Å². The summed E-state index contributed by atoms with van der Waals surface area (Å²) in [6.07, 6.45) is -0.636. The van der Waals surface area contributed by atoms with E-state index in [0.29, 0.717) is 17.0 Å². The fourth-order valence-electron chi connectivity index (χ4n) is 5.67. The average Bonchev–Trinajstić information content (AvgIpc) is 3.39. The highest BCUT2D eigenvalue weighted by Crippen LogP contribution is 2.31. The summed E-state index contributed by atoms with van der Waals surface area (Å²) < 4.78 is 40.5. The molecule has 12 nitrogen and oxygen atoms in total. The summed E-state index contributed by atoms with van der Waals surface area (Å²) in [7, 11) is -2.36. The zero-order chi connectivity index (χ0) is 33.2. The Labute approximate surface area is 268 Å². The first-order chi connectivity index (χ1) is 21.9. The maximum absolute atomic E-state index is 13.6. The molecule has 0 saturated carbocycles. The highest BCUT2D eigenvalue weighted by molar-refractivity contribution is 7.92. The zero-order valence-electron chi connectivity index (χ0n) is 26.5. The number of aromatic nitrogens is 1. The first kappa shape index (κ1) is 32.8. The van der Waals surface area contributed by atoms with E-state index in [1.165, 1.54) is 11.8 Å². The van der Waals surface area contributed by atoms with Gasteiger partial charge in [-0.25, -0.2) is 13.2 Å². The van der Waals surface area contributed by atoms with E-state index in [-0.39, 0.29) is 66.0 Å². The van der Waals surface area contributed by atoms with E-state index in [0.717, 1.165) is 10.8 Å². The third-order valence-electron chi connectivity index (χ3n) is 8.24. The molecule has 3 N–H and O–H groups in total. The van der Waals surface area contributed by atoms with Crippen LogP contribution in [0, 0.1) is 19.8 Å². The van der Waals surface area contributed by atoms with Gasteiger partial charge in [0.1, 0.15) is 17.5 Å². The number of nitrogens with one attached hydrogen (secondary N) is 2. The Morgan fingerprint density at radius 2 is 1.89 bits per heavy atom. The highest BCUT2D eigenvalue weighted by atomic mass is 32.2. The number of hydrogen-bond donors (Lipinski definition) is 3. The second-order valence-corrected chi connectivity index (χ2v) is 13.4. The van der Waals surface area contributed by atoms with Gasteiger partial charge in [-0.05, 0) is 50.4 Å². The lowest BCUT2D eigenvalue weighted by atomic mass is 10.0. The Hall–Kier alpha value is -4.62. The number of ether oxygens (including phenoxy) is 1. The van der Waals surface area contributed by atoms with Gasteiger partial charge in [0.2, 0.25) is 5.91 Å². The van der Waals surface area contributed by atoms with Crippen molar-refractivity contribution in [2.24, 2.45) is 5.92 Å². The molecule has 0 unspecified atom stereocenters. The molecule has 5 rings (SSSR count). The molecule has 0 spiro atoms. The lowest BCUT2D eigenvalue weighted by Gasteiger charge is -2.34. The van der Waals surface area contributed by atoms with E-state index in [2.05, 4.69) is 15.2 Å². The van der Waals surface area contributed by atoms with Crippen LogP contribution in [0.2, 0.25) is 0 Å². The number of amides is 3. The van der Waals surface area contributed by atoms with Crippen LogP contribution in [0.25, 0.3) is 10.8 Å². The van der Waals surface area contributed by atoms with Gasteiger partial charge in [0, 0.05) is 36.1 Å². The molecule has 13 heteroatoms. The molecule has 244 valence electrons. The fraction of sp³-hybridized carbons (Fsp3) is 0.364. The topological polar surface area (TPSA) is 154 Å². The second-order valence-electron chi connectivity index (χ2n) is 11.8. The van der Waals surface area contributed by atoms with E-state index in [1.54, 1.807) is 44.0 Å². The van der Waals surface area contributed by atoms with Crippen LogP contribution in [0.4, 0.5) is 16.2 Å². The molecule has 4 aromatic rings. The summed E-state index contributed by atoms with van der Waals surface area (Å²) in [5.74, 6) is 0.0678. The number of anilines is 2. The number of aryl methyl sites for hydroxylation is 2. The molecule has 2 heterocycles. The number of sulfonamides is 1. The van der Waals surface area contributed by atoms with Gasteiger partial charge in [0.15, 0.2) is 10.7 Å². The van der Waals surface area contributed by atoms with Crippen molar-refractivity contribution < 1.29 is 32.4 Å². The summed E-state index contributed by atoms with van der Waals surface area (Å²) in [5, 5.41) is 18.6. The number of nitrogens with zero attached hydrogens (tertiary/aromatic N) is 3. The molecule has 3 atom stereocenters. The predicted octanol–water partition coefficient (Wildman–Crippen LogP) is 4.56.